The molecule has 0 saturated heterocycles. The number of nitriles is 1. The number of hydrogen-bond acceptors (Lipinski definition) is 6. The van der Waals surface area contributed by atoms with Crippen molar-refractivity contribution in [1.29, 1.82) is 5.26 Å². The lowest BCUT2D eigenvalue weighted by Crippen LogP contribution is -2.14. The number of methoxy groups -OCH3 is 1. The van der Waals surface area contributed by atoms with Gasteiger partial charge in [0.1, 0.15) is 23.0 Å². The molecule has 3 aromatic carbocycles. The fourth-order valence-corrected chi connectivity index (χ4v) is 2.79. The van der Waals surface area contributed by atoms with E-state index >= 15 is 0 Å². The maximum Gasteiger partial charge on any atom is 0.444 e. The van der Waals surface area contributed by atoms with Crippen LogP contribution in [0.1, 0.15) is 5.56 Å². The second-order valence-corrected chi connectivity index (χ2v) is 6.18. The van der Waals surface area contributed by atoms with Gasteiger partial charge < -0.3 is 13.9 Å². The first-order valence-corrected chi connectivity index (χ1v) is 8.80. The van der Waals surface area contributed by atoms with Gasteiger partial charge >= 0.3 is 11.8 Å². The molecule has 0 N–H and O–H groups in total. The van der Waals surface area contributed by atoms with Gasteiger partial charge in [-0.05, 0) is 59.7 Å². The van der Waals surface area contributed by atoms with Crippen molar-refractivity contribution in [3.05, 3.63) is 88.7 Å². The van der Waals surface area contributed by atoms with E-state index in [0.29, 0.717) is 22.6 Å². The van der Waals surface area contributed by atoms with Gasteiger partial charge in [0.25, 0.3) is 0 Å². The van der Waals surface area contributed by atoms with Crippen molar-refractivity contribution in [3.63, 3.8) is 0 Å². The van der Waals surface area contributed by atoms with Crippen LogP contribution in [0.5, 0.6) is 17.6 Å². The number of ether oxygens (including phenoxy) is 2. The minimum Gasteiger partial charge on any atom is -0.497 e. The summed E-state index contributed by atoms with van der Waals surface area (Å²) in [6.07, 6.45) is -0.319. The second-order valence-electron chi connectivity index (χ2n) is 6.18. The van der Waals surface area contributed by atoms with Crippen molar-refractivity contribution in [2.75, 3.05) is 7.11 Å². The zero-order valence-electron chi connectivity index (χ0n) is 15.7. The van der Waals surface area contributed by atoms with E-state index in [1.54, 1.807) is 54.6 Å². The van der Waals surface area contributed by atoms with Crippen LogP contribution < -0.4 is 15.2 Å². The minimum absolute atomic E-state index is 0.0780. The highest BCUT2D eigenvalue weighted by Crippen LogP contribution is 2.25. The smallest absolute Gasteiger partial charge is 0.444 e. The van der Waals surface area contributed by atoms with E-state index in [1.807, 2.05) is 6.07 Å². The molecular weight excluding hydrogens is 389 g/mol. The van der Waals surface area contributed by atoms with Crippen LogP contribution in [0.4, 0.5) is 4.39 Å². The van der Waals surface area contributed by atoms with E-state index in [2.05, 4.69) is 5.10 Å². The third-order valence-electron chi connectivity index (χ3n) is 4.32. The highest BCUT2D eigenvalue weighted by Gasteiger charge is 2.16. The van der Waals surface area contributed by atoms with Crippen LogP contribution in [0.15, 0.2) is 75.9 Å². The first-order chi connectivity index (χ1) is 14.6. The normalized spacial score (nSPS) is 10.4. The van der Waals surface area contributed by atoms with Crippen molar-refractivity contribution in [2.24, 2.45) is 0 Å². The molecule has 4 rings (SSSR count). The predicted octanol–water partition coefficient (Wildman–Crippen LogP) is 4.30. The zero-order chi connectivity index (χ0) is 21.1. The summed E-state index contributed by atoms with van der Waals surface area (Å²) in [4.78, 5) is 12.1. The lowest BCUT2D eigenvalue weighted by molar-refractivity contribution is 0.319. The van der Waals surface area contributed by atoms with Crippen LogP contribution in [-0.2, 0) is 0 Å². The van der Waals surface area contributed by atoms with Gasteiger partial charge in [-0.3, -0.25) is 0 Å². The fourth-order valence-electron chi connectivity index (χ4n) is 2.79. The standard InChI is InChI=1S/C22H14FN3O4/c1-28-17-7-9-18(10-8-17)29-21-25-26(22(27)30-21)20-11-6-16(12-19(20)23)15-4-2-14(13-24)3-5-15/h2-12H,1H3. The van der Waals surface area contributed by atoms with Gasteiger partial charge in [-0.1, -0.05) is 23.3 Å². The number of nitrogens with zero attached hydrogens (tertiary/aromatic N) is 3. The van der Waals surface area contributed by atoms with E-state index in [4.69, 9.17) is 19.2 Å². The van der Waals surface area contributed by atoms with Crippen LogP contribution in [0.3, 0.4) is 0 Å². The average molecular weight is 403 g/mol. The van der Waals surface area contributed by atoms with Gasteiger partial charge in [0.2, 0.25) is 0 Å². The molecule has 0 spiro atoms. The number of benzene rings is 3. The summed E-state index contributed by atoms with van der Waals surface area (Å²) in [5, 5.41) is 12.8. The Hall–Kier alpha value is -4.38. The van der Waals surface area contributed by atoms with Crippen molar-refractivity contribution in [1.82, 2.24) is 9.78 Å². The fraction of sp³-hybridized carbons (Fsp3) is 0.0455. The van der Waals surface area contributed by atoms with Crippen molar-refractivity contribution in [3.8, 4) is 40.5 Å². The number of rotatable bonds is 5. The van der Waals surface area contributed by atoms with Crippen LogP contribution in [0, 0.1) is 17.1 Å². The van der Waals surface area contributed by atoms with E-state index in [9.17, 15) is 9.18 Å². The molecule has 1 heterocycles. The lowest BCUT2D eigenvalue weighted by atomic mass is 10.0. The lowest BCUT2D eigenvalue weighted by Gasteiger charge is -2.05. The van der Waals surface area contributed by atoms with Crippen LogP contribution >= 0.6 is 0 Å². The van der Waals surface area contributed by atoms with Gasteiger partial charge in [0.05, 0.1) is 18.7 Å². The largest absolute Gasteiger partial charge is 0.497 e. The summed E-state index contributed by atoms with van der Waals surface area (Å²) in [5.41, 5.74) is 1.75. The van der Waals surface area contributed by atoms with E-state index < -0.39 is 11.6 Å². The summed E-state index contributed by atoms with van der Waals surface area (Å²) in [5.74, 6) is -0.536. The molecule has 0 saturated carbocycles. The van der Waals surface area contributed by atoms with Gasteiger partial charge in [0.15, 0.2) is 0 Å². The van der Waals surface area contributed by atoms with Crippen molar-refractivity contribution >= 4 is 0 Å². The average Bonchev–Trinajstić information content (AvgIpc) is 3.14. The molecule has 0 aliphatic rings. The molecule has 7 nitrogen and oxygen atoms in total. The maximum absolute atomic E-state index is 14.7. The van der Waals surface area contributed by atoms with E-state index in [0.717, 1.165) is 10.2 Å². The molecule has 30 heavy (non-hydrogen) atoms. The maximum atomic E-state index is 14.7. The summed E-state index contributed by atoms with van der Waals surface area (Å²) < 4.78 is 31.0. The Morgan fingerprint density at radius 2 is 1.67 bits per heavy atom. The molecule has 148 valence electrons. The topological polar surface area (TPSA) is 90.3 Å². The molecule has 0 bridgehead atoms. The molecular formula is C22H14FN3O4. The number of hydrogen-bond donors (Lipinski definition) is 0. The molecule has 4 aromatic rings. The Morgan fingerprint density at radius 3 is 2.30 bits per heavy atom. The van der Waals surface area contributed by atoms with E-state index in [-0.39, 0.29) is 11.8 Å². The van der Waals surface area contributed by atoms with Gasteiger partial charge in [0, 0.05) is 0 Å². The van der Waals surface area contributed by atoms with Crippen LogP contribution in [-0.4, -0.2) is 16.9 Å². The van der Waals surface area contributed by atoms with Gasteiger partial charge in [-0.15, -0.1) is 0 Å². The third-order valence-corrected chi connectivity index (χ3v) is 4.32. The zero-order valence-corrected chi connectivity index (χ0v) is 15.7. The Labute approximate surface area is 170 Å². The third kappa shape index (κ3) is 3.77. The summed E-state index contributed by atoms with van der Waals surface area (Å²) in [6.45, 7) is 0. The monoisotopic (exact) mass is 403 g/mol. The number of aromatic nitrogens is 2. The molecule has 0 amide bonds. The Bertz CT molecular complexity index is 1290. The highest BCUT2D eigenvalue weighted by molar-refractivity contribution is 5.65. The Balaban J connectivity index is 1.60. The van der Waals surface area contributed by atoms with Crippen molar-refractivity contribution in [2.45, 2.75) is 0 Å². The number of halogens is 1. The van der Waals surface area contributed by atoms with E-state index in [1.165, 1.54) is 19.2 Å². The Morgan fingerprint density at radius 1 is 1.00 bits per heavy atom. The van der Waals surface area contributed by atoms with Crippen LogP contribution in [0.25, 0.3) is 16.8 Å². The summed E-state index contributed by atoms with van der Waals surface area (Å²) in [7, 11) is 1.54. The molecule has 0 unspecified atom stereocenters. The highest BCUT2D eigenvalue weighted by atomic mass is 19.1. The first-order valence-electron chi connectivity index (χ1n) is 8.80. The molecule has 0 fully saturated rings. The molecule has 8 heteroatoms. The quantitative estimate of drug-likeness (QED) is 0.493. The minimum atomic E-state index is -0.886. The molecule has 0 aliphatic heterocycles. The van der Waals surface area contributed by atoms with Crippen LogP contribution in [0.2, 0.25) is 0 Å². The molecule has 0 radical (unpaired) electrons. The summed E-state index contributed by atoms with van der Waals surface area (Å²) in [6, 6.07) is 19.7. The van der Waals surface area contributed by atoms with Gasteiger partial charge in [-0.2, -0.15) is 9.94 Å². The predicted molar refractivity (Wildman–Crippen MR) is 105 cm³/mol. The van der Waals surface area contributed by atoms with Gasteiger partial charge in [-0.25, -0.2) is 9.18 Å². The molecule has 1 aromatic heterocycles. The SMILES string of the molecule is COc1ccc(Oc2nn(-c3ccc(-c4ccc(C#N)cc4)cc3F)c(=O)o2)cc1. The molecule has 0 aliphatic carbocycles. The second kappa shape index (κ2) is 7.93. The summed E-state index contributed by atoms with van der Waals surface area (Å²) >= 11 is 0. The Kier molecular flexibility index (Phi) is 5.01. The first kappa shape index (κ1) is 19.0. The molecule has 0 atom stereocenters. The van der Waals surface area contributed by atoms with Crippen molar-refractivity contribution < 1.29 is 18.3 Å².